The SMILES string of the molecule is CCSC(=O)[C@H](O[Si](C)(C)C(C)(C)C)[C@H](O)c1ccccc1. The van der Waals surface area contributed by atoms with Crippen molar-refractivity contribution in [3.63, 3.8) is 0 Å². The first-order chi connectivity index (χ1) is 10.1. The third-order valence-electron chi connectivity index (χ3n) is 4.17. The van der Waals surface area contributed by atoms with Crippen LogP contribution in [0.15, 0.2) is 30.3 Å². The number of rotatable bonds is 6. The van der Waals surface area contributed by atoms with E-state index in [4.69, 9.17) is 4.43 Å². The van der Waals surface area contributed by atoms with Gasteiger partial charge in [0.1, 0.15) is 12.2 Å². The number of aliphatic hydroxyl groups is 1. The van der Waals surface area contributed by atoms with E-state index in [1.165, 1.54) is 11.8 Å². The fourth-order valence-corrected chi connectivity index (χ4v) is 3.72. The van der Waals surface area contributed by atoms with Crippen molar-refractivity contribution in [1.29, 1.82) is 0 Å². The molecule has 1 rings (SSSR count). The summed E-state index contributed by atoms with van der Waals surface area (Å²) in [6, 6.07) is 9.27. The summed E-state index contributed by atoms with van der Waals surface area (Å²) in [7, 11) is -2.15. The maximum absolute atomic E-state index is 12.5. The summed E-state index contributed by atoms with van der Waals surface area (Å²) in [6.07, 6.45) is -1.74. The Labute approximate surface area is 139 Å². The van der Waals surface area contributed by atoms with Crippen molar-refractivity contribution in [2.75, 3.05) is 5.75 Å². The van der Waals surface area contributed by atoms with Crippen LogP contribution in [0.3, 0.4) is 0 Å². The van der Waals surface area contributed by atoms with Gasteiger partial charge in [-0.25, -0.2) is 0 Å². The Balaban J connectivity index is 3.06. The number of thioether (sulfide) groups is 1. The zero-order valence-corrected chi connectivity index (χ0v) is 16.2. The minimum Gasteiger partial charge on any atom is -0.403 e. The Morgan fingerprint density at radius 2 is 1.82 bits per heavy atom. The predicted octanol–water partition coefficient (Wildman–Crippen LogP) is 4.39. The standard InChI is InChI=1S/C17H28O3SSi/c1-7-21-16(19)15(20-22(5,6)17(2,3)4)14(18)13-11-9-8-10-12-13/h8-12,14-15,18H,7H2,1-6H3/t14-,15-/m1/s1. The highest BCUT2D eigenvalue weighted by Crippen LogP contribution is 2.39. The minimum atomic E-state index is -2.15. The van der Waals surface area contributed by atoms with E-state index in [1.807, 2.05) is 37.3 Å². The fourth-order valence-electron chi connectivity index (χ4n) is 1.79. The first-order valence-corrected chi connectivity index (χ1v) is 11.6. The van der Waals surface area contributed by atoms with Crippen LogP contribution in [0.2, 0.25) is 18.1 Å². The molecule has 0 amide bonds. The molecule has 0 saturated heterocycles. The van der Waals surface area contributed by atoms with Crippen molar-refractivity contribution >= 4 is 25.2 Å². The fraction of sp³-hybridized carbons (Fsp3) is 0.588. The highest BCUT2D eigenvalue weighted by atomic mass is 32.2. The molecule has 0 saturated carbocycles. The number of carbonyl (C=O) groups is 1. The number of hydrogen-bond donors (Lipinski definition) is 1. The van der Waals surface area contributed by atoms with Gasteiger partial charge < -0.3 is 9.53 Å². The molecule has 3 nitrogen and oxygen atoms in total. The van der Waals surface area contributed by atoms with Crippen LogP contribution in [-0.2, 0) is 9.22 Å². The van der Waals surface area contributed by atoms with E-state index < -0.39 is 20.5 Å². The molecule has 124 valence electrons. The maximum Gasteiger partial charge on any atom is 0.219 e. The molecule has 2 atom stereocenters. The smallest absolute Gasteiger partial charge is 0.219 e. The molecule has 0 bridgehead atoms. The molecule has 0 spiro atoms. The molecule has 22 heavy (non-hydrogen) atoms. The summed E-state index contributed by atoms with van der Waals surface area (Å²) >= 11 is 1.21. The van der Waals surface area contributed by atoms with Gasteiger partial charge in [-0.1, -0.05) is 69.8 Å². The second-order valence-corrected chi connectivity index (χ2v) is 12.9. The molecule has 0 aliphatic rings. The summed E-state index contributed by atoms with van der Waals surface area (Å²) in [6.45, 7) is 12.5. The molecule has 0 aromatic heterocycles. The van der Waals surface area contributed by atoms with Crippen molar-refractivity contribution in [2.45, 2.75) is 58.0 Å². The summed E-state index contributed by atoms with van der Waals surface area (Å²) in [5, 5.41) is 10.6. The van der Waals surface area contributed by atoms with Gasteiger partial charge >= 0.3 is 0 Å². The van der Waals surface area contributed by atoms with Gasteiger partial charge in [-0.3, -0.25) is 4.79 Å². The number of carbonyl (C=O) groups excluding carboxylic acids is 1. The number of benzene rings is 1. The molecule has 1 N–H and O–H groups in total. The molecule has 1 aromatic rings. The molecular formula is C17H28O3SSi. The van der Waals surface area contributed by atoms with Gasteiger partial charge in [-0.05, 0) is 29.4 Å². The Bertz CT molecular complexity index is 482. The van der Waals surface area contributed by atoms with Crippen LogP contribution >= 0.6 is 11.8 Å². The Kier molecular flexibility index (Phi) is 6.86. The van der Waals surface area contributed by atoms with Crippen LogP contribution in [0.25, 0.3) is 0 Å². The molecule has 0 heterocycles. The van der Waals surface area contributed by atoms with Crippen molar-refractivity contribution in [3.05, 3.63) is 35.9 Å². The minimum absolute atomic E-state index is 0.0151. The summed E-state index contributed by atoms with van der Waals surface area (Å²) < 4.78 is 6.25. The molecule has 0 radical (unpaired) electrons. The lowest BCUT2D eigenvalue weighted by molar-refractivity contribution is -0.122. The second-order valence-electron chi connectivity index (χ2n) is 6.91. The molecule has 1 aromatic carbocycles. The quantitative estimate of drug-likeness (QED) is 0.780. The molecule has 0 unspecified atom stereocenters. The van der Waals surface area contributed by atoms with Crippen molar-refractivity contribution < 1.29 is 14.3 Å². The zero-order chi connectivity index (χ0) is 17.0. The van der Waals surface area contributed by atoms with Crippen LogP contribution in [0.4, 0.5) is 0 Å². The van der Waals surface area contributed by atoms with Crippen molar-refractivity contribution in [3.8, 4) is 0 Å². The monoisotopic (exact) mass is 340 g/mol. The first kappa shape index (κ1) is 19.4. The Morgan fingerprint density at radius 3 is 2.27 bits per heavy atom. The molecular weight excluding hydrogens is 312 g/mol. The van der Waals surface area contributed by atoms with E-state index in [1.54, 1.807) is 0 Å². The first-order valence-electron chi connectivity index (χ1n) is 7.67. The third kappa shape index (κ3) is 4.95. The van der Waals surface area contributed by atoms with Crippen LogP contribution < -0.4 is 0 Å². The molecule has 0 aliphatic carbocycles. The molecule has 5 heteroatoms. The second kappa shape index (κ2) is 7.77. The van der Waals surface area contributed by atoms with Gasteiger partial charge in [0.05, 0.1) is 0 Å². The highest BCUT2D eigenvalue weighted by Gasteiger charge is 2.42. The lowest BCUT2D eigenvalue weighted by Gasteiger charge is -2.39. The average molecular weight is 341 g/mol. The molecule has 0 fully saturated rings. The van der Waals surface area contributed by atoms with E-state index in [2.05, 4.69) is 33.9 Å². The molecule has 0 aliphatic heterocycles. The van der Waals surface area contributed by atoms with E-state index in [0.29, 0.717) is 5.75 Å². The van der Waals surface area contributed by atoms with E-state index in [-0.39, 0.29) is 10.2 Å². The van der Waals surface area contributed by atoms with Gasteiger partial charge in [0, 0.05) is 0 Å². The lowest BCUT2D eigenvalue weighted by atomic mass is 10.1. The number of aliphatic hydroxyl groups excluding tert-OH is 1. The summed E-state index contributed by atoms with van der Waals surface area (Å²) in [5.41, 5.74) is 0.719. The normalized spacial score (nSPS) is 15.4. The predicted molar refractivity (Wildman–Crippen MR) is 96.6 cm³/mol. The van der Waals surface area contributed by atoms with Crippen LogP contribution in [0, 0.1) is 0 Å². The highest BCUT2D eigenvalue weighted by molar-refractivity contribution is 8.13. The summed E-state index contributed by atoms with van der Waals surface area (Å²) in [4.78, 5) is 12.5. The Morgan fingerprint density at radius 1 is 1.27 bits per heavy atom. The van der Waals surface area contributed by atoms with Crippen molar-refractivity contribution in [1.82, 2.24) is 0 Å². The van der Waals surface area contributed by atoms with Gasteiger partial charge in [-0.15, -0.1) is 0 Å². The van der Waals surface area contributed by atoms with E-state index in [0.717, 1.165) is 5.56 Å². The zero-order valence-electron chi connectivity index (χ0n) is 14.4. The average Bonchev–Trinajstić information content (AvgIpc) is 2.44. The van der Waals surface area contributed by atoms with Crippen LogP contribution in [-0.4, -0.2) is 30.4 Å². The van der Waals surface area contributed by atoms with Gasteiger partial charge in [-0.2, -0.15) is 0 Å². The van der Waals surface area contributed by atoms with Gasteiger partial charge in [0.15, 0.2) is 8.32 Å². The third-order valence-corrected chi connectivity index (χ3v) is 9.44. The van der Waals surface area contributed by atoms with E-state index in [9.17, 15) is 9.90 Å². The van der Waals surface area contributed by atoms with Crippen LogP contribution in [0.1, 0.15) is 39.4 Å². The largest absolute Gasteiger partial charge is 0.403 e. The maximum atomic E-state index is 12.5. The summed E-state index contributed by atoms with van der Waals surface area (Å²) in [5.74, 6) is 0.678. The van der Waals surface area contributed by atoms with E-state index >= 15 is 0 Å². The van der Waals surface area contributed by atoms with Gasteiger partial charge in [0.2, 0.25) is 5.12 Å². The number of hydrogen-bond acceptors (Lipinski definition) is 4. The van der Waals surface area contributed by atoms with Crippen LogP contribution in [0.5, 0.6) is 0 Å². The lowest BCUT2D eigenvalue weighted by Crippen LogP contribution is -2.47. The Hall–Kier alpha value is -0.623. The topological polar surface area (TPSA) is 46.5 Å². The van der Waals surface area contributed by atoms with Gasteiger partial charge in [0.25, 0.3) is 0 Å². The van der Waals surface area contributed by atoms with Crippen molar-refractivity contribution in [2.24, 2.45) is 0 Å².